The highest BCUT2D eigenvalue weighted by Crippen LogP contribution is 2.34. The number of primary amides is 1. The summed E-state index contributed by atoms with van der Waals surface area (Å²) in [5, 5.41) is 0.883. The number of nitrogen functional groups attached to an aromatic ring is 1. The molecule has 0 spiro atoms. The van der Waals surface area contributed by atoms with Crippen molar-refractivity contribution in [1.82, 2.24) is 4.90 Å². The lowest BCUT2D eigenvalue weighted by Crippen LogP contribution is -2.38. The van der Waals surface area contributed by atoms with Gasteiger partial charge in [-0.05, 0) is 26.0 Å². The second kappa shape index (κ2) is 5.50. The van der Waals surface area contributed by atoms with Crippen LogP contribution in [0.25, 0.3) is 10.1 Å². The summed E-state index contributed by atoms with van der Waals surface area (Å²) < 4.78 is 0.964. The molecule has 1 aromatic heterocycles. The molecule has 2 amide bonds. The minimum Gasteiger partial charge on any atom is -0.397 e. The van der Waals surface area contributed by atoms with E-state index in [0.717, 1.165) is 15.6 Å². The summed E-state index contributed by atoms with van der Waals surface area (Å²) in [4.78, 5) is 25.3. The van der Waals surface area contributed by atoms with Crippen LogP contribution >= 0.6 is 11.3 Å². The largest absolute Gasteiger partial charge is 0.397 e. The van der Waals surface area contributed by atoms with Crippen LogP contribution in [0.15, 0.2) is 18.2 Å². The number of nitrogens with zero attached hydrogens (tertiary/aromatic N) is 1. The normalized spacial score (nSPS) is 10.7. The van der Waals surface area contributed by atoms with Crippen molar-refractivity contribution in [1.29, 1.82) is 0 Å². The number of aryl methyl sites for hydroxylation is 1. The number of carbonyl (C=O) groups excluding carboxylic acids is 2. The van der Waals surface area contributed by atoms with Crippen molar-refractivity contribution in [3.63, 3.8) is 0 Å². The van der Waals surface area contributed by atoms with Gasteiger partial charge in [0.1, 0.15) is 4.88 Å². The lowest BCUT2D eigenvalue weighted by molar-refractivity contribution is -0.118. The Morgan fingerprint density at radius 3 is 2.65 bits per heavy atom. The minimum atomic E-state index is -0.532. The third-order valence-corrected chi connectivity index (χ3v) is 4.27. The van der Waals surface area contributed by atoms with E-state index >= 15 is 0 Å². The fourth-order valence-corrected chi connectivity index (χ4v) is 3.12. The number of thiophene rings is 1. The van der Waals surface area contributed by atoms with Gasteiger partial charge in [-0.15, -0.1) is 11.3 Å². The van der Waals surface area contributed by atoms with Crippen molar-refractivity contribution in [2.24, 2.45) is 5.73 Å². The Balaban J connectivity index is 2.44. The highest BCUT2D eigenvalue weighted by atomic mass is 32.1. The van der Waals surface area contributed by atoms with Crippen LogP contribution in [0.4, 0.5) is 5.69 Å². The molecule has 5 nitrogen and oxygen atoms in total. The maximum Gasteiger partial charge on any atom is 0.266 e. The Hall–Kier alpha value is -2.08. The Kier molecular flexibility index (Phi) is 3.94. The monoisotopic (exact) mass is 291 g/mol. The molecule has 0 aliphatic rings. The maximum atomic E-state index is 12.4. The molecular weight excluding hydrogens is 274 g/mol. The number of hydrogen-bond donors (Lipinski definition) is 2. The van der Waals surface area contributed by atoms with Gasteiger partial charge >= 0.3 is 0 Å². The summed E-state index contributed by atoms with van der Waals surface area (Å²) in [6, 6.07) is 5.89. The van der Waals surface area contributed by atoms with Crippen molar-refractivity contribution >= 4 is 38.9 Å². The third-order valence-electron chi connectivity index (χ3n) is 3.09. The second-order valence-corrected chi connectivity index (χ2v) is 5.68. The van der Waals surface area contributed by atoms with Crippen molar-refractivity contribution in [3.8, 4) is 0 Å². The van der Waals surface area contributed by atoms with Crippen LogP contribution in [0.3, 0.4) is 0 Å². The van der Waals surface area contributed by atoms with Crippen LogP contribution in [0, 0.1) is 6.92 Å². The maximum absolute atomic E-state index is 12.4. The average molecular weight is 291 g/mol. The number of rotatable bonds is 4. The molecule has 106 valence electrons. The molecule has 2 rings (SSSR count). The molecule has 0 bridgehead atoms. The minimum absolute atomic E-state index is 0.0952. The molecule has 4 N–H and O–H groups in total. The Morgan fingerprint density at radius 1 is 1.35 bits per heavy atom. The van der Waals surface area contributed by atoms with Crippen molar-refractivity contribution in [2.45, 2.75) is 13.8 Å². The van der Waals surface area contributed by atoms with Crippen LogP contribution in [0.2, 0.25) is 0 Å². The molecule has 1 heterocycles. The van der Waals surface area contributed by atoms with E-state index in [1.54, 1.807) is 6.92 Å². The van der Waals surface area contributed by atoms with Gasteiger partial charge in [-0.25, -0.2) is 0 Å². The van der Waals surface area contributed by atoms with E-state index in [2.05, 4.69) is 0 Å². The quantitative estimate of drug-likeness (QED) is 0.899. The second-order valence-electron chi connectivity index (χ2n) is 4.63. The fourth-order valence-electron chi connectivity index (χ4n) is 2.05. The summed E-state index contributed by atoms with van der Waals surface area (Å²) in [5.74, 6) is -0.779. The van der Waals surface area contributed by atoms with Gasteiger partial charge in [-0.2, -0.15) is 0 Å². The first-order valence-electron chi connectivity index (χ1n) is 6.30. The van der Waals surface area contributed by atoms with E-state index in [-0.39, 0.29) is 12.5 Å². The number of likely N-dealkylation sites (N-methyl/N-ethyl adjacent to an activating group) is 1. The topological polar surface area (TPSA) is 89.4 Å². The van der Waals surface area contributed by atoms with E-state index in [4.69, 9.17) is 11.5 Å². The summed E-state index contributed by atoms with van der Waals surface area (Å²) in [5.41, 5.74) is 12.8. The molecule has 0 fully saturated rings. The number of benzene rings is 1. The van der Waals surface area contributed by atoms with Crippen molar-refractivity contribution in [2.75, 3.05) is 18.8 Å². The molecule has 6 heteroatoms. The van der Waals surface area contributed by atoms with Gasteiger partial charge in [-0.1, -0.05) is 11.6 Å². The molecule has 0 aliphatic heterocycles. The molecule has 0 unspecified atom stereocenters. The Labute approximate surface area is 121 Å². The lowest BCUT2D eigenvalue weighted by Gasteiger charge is -2.18. The standard InChI is InChI=1S/C14H17N3O2S/c1-3-17(7-11(15)18)14(19)13-12(16)9-6-8(2)4-5-10(9)20-13/h4-6H,3,7,16H2,1-2H3,(H2,15,18). The molecule has 0 atom stereocenters. The van der Waals surface area contributed by atoms with Gasteiger partial charge in [0.15, 0.2) is 0 Å². The first-order chi connectivity index (χ1) is 9.43. The summed E-state index contributed by atoms with van der Waals surface area (Å²) in [7, 11) is 0. The molecule has 0 saturated carbocycles. The van der Waals surface area contributed by atoms with E-state index in [9.17, 15) is 9.59 Å². The van der Waals surface area contributed by atoms with Gasteiger partial charge in [-0.3, -0.25) is 9.59 Å². The van der Waals surface area contributed by atoms with Gasteiger partial charge < -0.3 is 16.4 Å². The summed E-state index contributed by atoms with van der Waals surface area (Å²) in [6.45, 7) is 4.09. The Bertz CT molecular complexity index is 678. The van der Waals surface area contributed by atoms with Gasteiger partial charge in [0, 0.05) is 16.6 Å². The van der Waals surface area contributed by atoms with E-state index < -0.39 is 5.91 Å². The molecule has 2 aromatic rings. The zero-order valence-electron chi connectivity index (χ0n) is 11.5. The zero-order chi connectivity index (χ0) is 14.9. The van der Waals surface area contributed by atoms with Crippen LogP contribution in [-0.2, 0) is 4.79 Å². The van der Waals surface area contributed by atoms with Crippen molar-refractivity contribution in [3.05, 3.63) is 28.6 Å². The number of nitrogens with two attached hydrogens (primary N) is 2. The fraction of sp³-hybridized carbons (Fsp3) is 0.286. The molecule has 0 saturated heterocycles. The SMILES string of the molecule is CCN(CC(N)=O)C(=O)c1sc2ccc(C)cc2c1N. The molecular formula is C14H17N3O2S. The molecule has 0 radical (unpaired) electrons. The molecule has 0 aliphatic carbocycles. The number of anilines is 1. The number of amides is 2. The highest BCUT2D eigenvalue weighted by molar-refractivity contribution is 7.21. The van der Waals surface area contributed by atoms with Gasteiger partial charge in [0.05, 0.1) is 12.2 Å². The number of hydrogen-bond acceptors (Lipinski definition) is 4. The predicted molar refractivity (Wildman–Crippen MR) is 81.7 cm³/mol. The molecule has 1 aromatic carbocycles. The van der Waals surface area contributed by atoms with Crippen LogP contribution < -0.4 is 11.5 Å². The summed E-state index contributed by atoms with van der Waals surface area (Å²) >= 11 is 1.34. The van der Waals surface area contributed by atoms with Gasteiger partial charge in [0.2, 0.25) is 5.91 Å². The van der Waals surface area contributed by atoms with Gasteiger partial charge in [0.25, 0.3) is 5.91 Å². The zero-order valence-corrected chi connectivity index (χ0v) is 12.3. The lowest BCUT2D eigenvalue weighted by atomic mass is 10.1. The molecule has 20 heavy (non-hydrogen) atoms. The smallest absolute Gasteiger partial charge is 0.266 e. The van der Waals surface area contributed by atoms with Crippen LogP contribution in [0.5, 0.6) is 0 Å². The first kappa shape index (κ1) is 14.3. The number of fused-ring (bicyclic) bond motifs is 1. The van der Waals surface area contributed by atoms with Crippen molar-refractivity contribution < 1.29 is 9.59 Å². The number of carbonyl (C=O) groups is 2. The van der Waals surface area contributed by atoms with E-state index in [1.807, 2.05) is 25.1 Å². The third kappa shape index (κ3) is 2.60. The van der Waals surface area contributed by atoms with E-state index in [1.165, 1.54) is 16.2 Å². The highest BCUT2D eigenvalue weighted by Gasteiger charge is 2.22. The predicted octanol–water partition coefficient (Wildman–Crippen LogP) is 1.74. The van der Waals surface area contributed by atoms with Crippen LogP contribution in [-0.4, -0.2) is 29.8 Å². The summed E-state index contributed by atoms with van der Waals surface area (Å²) in [6.07, 6.45) is 0. The average Bonchev–Trinajstić information content (AvgIpc) is 2.72. The first-order valence-corrected chi connectivity index (χ1v) is 7.12. The Morgan fingerprint density at radius 2 is 2.05 bits per heavy atom. The van der Waals surface area contributed by atoms with E-state index in [0.29, 0.717) is 17.1 Å². The van der Waals surface area contributed by atoms with Crippen LogP contribution in [0.1, 0.15) is 22.2 Å².